The van der Waals surface area contributed by atoms with Crippen LogP contribution in [0.5, 0.6) is 0 Å². The van der Waals surface area contributed by atoms with Crippen LogP contribution in [0.2, 0.25) is 0 Å². The van der Waals surface area contributed by atoms with Gasteiger partial charge in [0.1, 0.15) is 17.2 Å². The number of nitrogens with one attached hydrogen (secondary N) is 1. The summed E-state index contributed by atoms with van der Waals surface area (Å²) in [5.74, 6) is 0.646. The number of hydrogen-bond donors (Lipinski definition) is 1. The van der Waals surface area contributed by atoms with Crippen molar-refractivity contribution in [1.29, 1.82) is 0 Å². The van der Waals surface area contributed by atoms with Crippen molar-refractivity contribution in [3.63, 3.8) is 0 Å². The first-order chi connectivity index (χ1) is 10.7. The number of aromatic nitrogens is 5. The predicted molar refractivity (Wildman–Crippen MR) is 78.9 cm³/mol. The standard InChI is InChI=1S/C15H16F3N5/c1-14(2,3)13-19-6-9-4-5-23(12(9)21-13)8-10-7-20-22-11(10)15(16,17)18/h4-7H,8H2,1-3H3,(H,20,22). The average molecular weight is 323 g/mol. The lowest BCUT2D eigenvalue weighted by molar-refractivity contribution is -0.141. The summed E-state index contributed by atoms with van der Waals surface area (Å²) >= 11 is 0. The summed E-state index contributed by atoms with van der Waals surface area (Å²) in [4.78, 5) is 8.84. The second kappa shape index (κ2) is 5.07. The zero-order valence-corrected chi connectivity index (χ0v) is 12.9. The number of H-pyrrole nitrogens is 1. The molecule has 0 radical (unpaired) electrons. The Bertz CT molecular complexity index is 839. The number of fused-ring (bicyclic) bond motifs is 1. The van der Waals surface area contributed by atoms with Crippen LogP contribution in [-0.4, -0.2) is 24.7 Å². The van der Waals surface area contributed by atoms with Crippen molar-refractivity contribution >= 4 is 11.0 Å². The normalized spacial score (nSPS) is 13.0. The van der Waals surface area contributed by atoms with Gasteiger partial charge in [-0.15, -0.1) is 0 Å². The Morgan fingerprint density at radius 2 is 1.91 bits per heavy atom. The van der Waals surface area contributed by atoms with Crippen LogP contribution in [0.3, 0.4) is 0 Å². The predicted octanol–water partition coefficient (Wildman–Crippen LogP) is 3.52. The Balaban J connectivity index is 2.03. The van der Waals surface area contributed by atoms with Crippen molar-refractivity contribution in [3.8, 4) is 0 Å². The largest absolute Gasteiger partial charge is 0.433 e. The minimum atomic E-state index is -4.46. The molecule has 3 aromatic heterocycles. The third-order valence-corrected chi connectivity index (χ3v) is 3.51. The molecule has 0 unspecified atom stereocenters. The van der Waals surface area contributed by atoms with Crippen LogP contribution in [0.15, 0.2) is 24.7 Å². The Morgan fingerprint density at radius 3 is 2.57 bits per heavy atom. The number of hydrogen-bond acceptors (Lipinski definition) is 3. The fraction of sp³-hybridized carbons (Fsp3) is 0.400. The van der Waals surface area contributed by atoms with Gasteiger partial charge in [-0.1, -0.05) is 20.8 Å². The Morgan fingerprint density at radius 1 is 1.17 bits per heavy atom. The van der Waals surface area contributed by atoms with Gasteiger partial charge in [0.05, 0.1) is 12.7 Å². The molecule has 1 N–H and O–H groups in total. The molecule has 0 atom stereocenters. The smallest absolute Gasteiger partial charge is 0.328 e. The van der Waals surface area contributed by atoms with Gasteiger partial charge in [-0.3, -0.25) is 5.10 Å². The maximum absolute atomic E-state index is 12.9. The highest BCUT2D eigenvalue weighted by molar-refractivity contribution is 5.75. The minimum Gasteiger partial charge on any atom is -0.328 e. The van der Waals surface area contributed by atoms with Crippen molar-refractivity contribution in [1.82, 2.24) is 24.7 Å². The van der Waals surface area contributed by atoms with Crippen molar-refractivity contribution in [2.24, 2.45) is 0 Å². The first-order valence-corrected chi connectivity index (χ1v) is 7.08. The highest BCUT2D eigenvalue weighted by Gasteiger charge is 2.35. The molecule has 0 fully saturated rings. The van der Waals surface area contributed by atoms with E-state index in [2.05, 4.69) is 15.1 Å². The van der Waals surface area contributed by atoms with Gasteiger partial charge in [0, 0.05) is 28.8 Å². The zero-order valence-electron chi connectivity index (χ0n) is 12.9. The van der Waals surface area contributed by atoms with Gasteiger partial charge in [0.15, 0.2) is 0 Å². The molecule has 0 bridgehead atoms. The van der Waals surface area contributed by atoms with Crippen LogP contribution in [0, 0.1) is 0 Å². The van der Waals surface area contributed by atoms with Crippen molar-refractivity contribution < 1.29 is 13.2 Å². The first-order valence-electron chi connectivity index (χ1n) is 7.08. The lowest BCUT2D eigenvalue weighted by Gasteiger charge is -2.16. The number of alkyl halides is 3. The van der Waals surface area contributed by atoms with Crippen LogP contribution in [0.1, 0.15) is 37.9 Å². The van der Waals surface area contributed by atoms with E-state index >= 15 is 0 Å². The third kappa shape index (κ3) is 2.93. The van der Waals surface area contributed by atoms with Crippen LogP contribution in [-0.2, 0) is 18.1 Å². The second-order valence-corrected chi connectivity index (χ2v) is 6.43. The summed E-state index contributed by atoms with van der Waals surface area (Å²) in [6, 6.07) is 1.79. The van der Waals surface area contributed by atoms with E-state index in [1.165, 1.54) is 6.20 Å². The van der Waals surface area contributed by atoms with Crippen molar-refractivity contribution in [2.75, 3.05) is 0 Å². The van der Waals surface area contributed by atoms with Crippen LogP contribution in [0.25, 0.3) is 11.0 Å². The molecule has 3 heterocycles. The molecule has 0 aliphatic rings. The van der Waals surface area contributed by atoms with Crippen molar-refractivity contribution in [2.45, 2.75) is 38.9 Å². The summed E-state index contributed by atoms with van der Waals surface area (Å²) in [5.41, 5.74) is -0.384. The molecule has 5 nitrogen and oxygen atoms in total. The summed E-state index contributed by atoms with van der Waals surface area (Å²) in [6.07, 6.45) is 0.138. The van der Waals surface area contributed by atoms with Gasteiger partial charge >= 0.3 is 6.18 Å². The first kappa shape index (κ1) is 15.5. The fourth-order valence-corrected chi connectivity index (χ4v) is 2.32. The molecule has 0 spiro atoms. The van der Waals surface area contributed by atoms with E-state index < -0.39 is 11.9 Å². The van der Waals surface area contributed by atoms with E-state index in [-0.39, 0.29) is 17.5 Å². The van der Waals surface area contributed by atoms with Gasteiger partial charge in [0.25, 0.3) is 0 Å². The number of rotatable bonds is 2. The average Bonchev–Trinajstić information content (AvgIpc) is 3.04. The molecule has 23 heavy (non-hydrogen) atoms. The van der Waals surface area contributed by atoms with Gasteiger partial charge in [0.2, 0.25) is 0 Å². The molecule has 122 valence electrons. The summed E-state index contributed by atoms with van der Waals surface area (Å²) in [7, 11) is 0. The number of aromatic amines is 1. The van der Waals surface area contributed by atoms with Crippen LogP contribution < -0.4 is 0 Å². The lowest BCUT2D eigenvalue weighted by Crippen LogP contribution is -2.16. The van der Waals surface area contributed by atoms with E-state index in [9.17, 15) is 13.2 Å². The Kier molecular flexibility index (Phi) is 3.42. The highest BCUT2D eigenvalue weighted by Crippen LogP contribution is 2.31. The van der Waals surface area contributed by atoms with Crippen LogP contribution in [0.4, 0.5) is 13.2 Å². The van der Waals surface area contributed by atoms with E-state index in [1.54, 1.807) is 23.0 Å². The SMILES string of the molecule is CC(C)(C)c1ncc2ccn(Cc3cn[nH]c3C(F)(F)F)c2n1. The quantitative estimate of drug-likeness (QED) is 0.785. The van der Waals surface area contributed by atoms with E-state index in [0.29, 0.717) is 11.5 Å². The van der Waals surface area contributed by atoms with Gasteiger partial charge < -0.3 is 4.57 Å². The monoisotopic (exact) mass is 323 g/mol. The topological polar surface area (TPSA) is 59.4 Å². The Hall–Kier alpha value is -2.38. The van der Waals surface area contributed by atoms with E-state index in [1.807, 2.05) is 25.9 Å². The molecule has 0 aliphatic carbocycles. The summed E-state index contributed by atoms with van der Waals surface area (Å²) in [5, 5.41) is 6.32. The van der Waals surface area contributed by atoms with E-state index in [4.69, 9.17) is 0 Å². The molecule has 0 saturated carbocycles. The number of halogens is 3. The maximum Gasteiger partial charge on any atom is 0.433 e. The molecule has 8 heteroatoms. The van der Waals surface area contributed by atoms with Crippen LogP contribution >= 0.6 is 0 Å². The lowest BCUT2D eigenvalue weighted by atomic mass is 9.96. The highest BCUT2D eigenvalue weighted by atomic mass is 19.4. The van der Waals surface area contributed by atoms with Gasteiger partial charge in [-0.05, 0) is 6.07 Å². The molecular weight excluding hydrogens is 307 g/mol. The molecule has 0 aromatic carbocycles. The molecular formula is C15H16F3N5. The molecule has 0 aliphatic heterocycles. The third-order valence-electron chi connectivity index (χ3n) is 3.51. The molecule has 3 rings (SSSR count). The maximum atomic E-state index is 12.9. The second-order valence-electron chi connectivity index (χ2n) is 6.43. The summed E-state index contributed by atoms with van der Waals surface area (Å²) < 4.78 is 40.5. The van der Waals surface area contributed by atoms with Gasteiger partial charge in [-0.2, -0.15) is 18.3 Å². The fourth-order valence-electron chi connectivity index (χ4n) is 2.32. The minimum absolute atomic E-state index is 0.0371. The van der Waals surface area contributed by atoms with E-state index in [0.717, 1.165) is 5.39 Å². The zero-order chi connectivity index (χ0) is 16.8. The molecule has 0 amide bonds. The van der Waals surface area contributed by atoms with Crippen molar-refractivity contribution in [3.05, 3.63) is 41.7 Å². The summed E-state index contributed by atoms with van der Waals surface area (Å²) in [6.45, 7) is 5.99. The van der Waals surface area contributed by atoms with Gasteiger partial charge in [-0.25, -0.2) is 9.97 Å². The Labute approximate surface area is 130 Å². The number of nitrogens with zero attached hydrogens (tertiary/aromatic N) is 4. The molecule has 0 saturated heterocycles. The molecule has 3 aromatic rings.